The third-order valence-electron chi connectivity index (χ3n) is 3.49. The standard InChI is InChI=1S/C13H24OPSi/c1-11(2)16(12(3)4,13(5)6)14-15-9-7-8-10-15/h7,9-13H,1-6H3. The average Bonchev–Trinajstić information content (AvgIpc) is 2.64. The number of rotatable bonds is 5. The molecule has 0 amide bonds. The molecule has 1 nitrogen and oxygen atoms in total. The van der Waals surface area contributed by atoms with Gasteiger partial charge >= 0.3 is 0 Å². The van der Waals surface area contributed by atoms with Gasteiger partial charge in [-0.05, 0) is 48.1 Å². The smallest absolute Gasteiger partial charge is 0.213 e. The van der Waals surface area contributed by atoms with Gasteiger partial charge in [-0.15, -0.1) is 0 Å². The van der Waals surface area contributed by atoms with Gasteiger partial charge in [0.1, 0.15) is 0 Å². The molecule has 0 bridgehead atoms. The summed E-state index contributed by atoms with van der Waals surface area (Å²) >= 11 is 0. The van der Waals surface area contributed by atoms with Crippen molar-refractivity contribution < 1.29 is 4.21 Å². The van der Waals surface area contributed by atoms with Crippen LogP contribution in [0, 0.1) is 6.07 Å². The average molecular weight is 255 g/mol. The molecule has 0 aliphatic carbocycles. The van der Waals surface area contributed by atoms with Crippen molar-refractivity contribution in [2.75, 3.05) is 0 Å². The summed E-state index contributed by atoms with van der Waals surface area (Å²) in [6.45, 7) is 14.0. The summed E-state index contributed by atoms with van der Waals surface area (Å²) in [5.41, 5.74) is 1.99. The fraction of sp³-hybridized carbons (Fsp3) is 0.692. The van der Waals surface area contributed by atoms with Crippen molar-refractivity contribution in [3.63, 3.8) is 0 Å². The molecule has 0 saturated heterocycles. The van der Waals surface area contributed by atoms with Crippen LogP contribution in [0.5, 0.6) is 0 Å². The molecule has 3 heteroatoms. The molecule has 0 aromatic carbocycles. The van der Waals surface area contributed by atoms with E-state index in [2.05, 4.69) is 59.2 Å². The SMILES string of the molecule is CC(C)[Si](Op1c[c]cc1)(C(C)C)C(C)C. The van der Waals surface area contributed by atoms with Gasteiger partial charge in [-0.2, -0.15) is 0 Å². The lowest BCUT2D eigenvalue weighted by Crippen LogP contribution is -2.50. The predicted molar refractivity (Wildman–Crippen MR) is 75.6 cm³/mol. The molecular weight excluding hydrogens is 231 g/mol. The minimum Gasteiger partial charge on any atom is -0.371 e. The van der Waals surface area contributed by atoms with Crippen LogP contribution in [0.4, 0.5) is 0 Å². The van der Waals surface area contributed by atoms with Crippen molar-refractivity contribution in [2.45, 2.75) is 58.2 Å². The summed E-state index contributed by atoms with van der Waals surface area (Å²) in [6, 6.07) is 5.12. The molecule has 0 fully saturated rings. The Morgan fingerprint density at radius 1 is 1.00 bits per heavy atom. The van der Waals surface area contributed by atoms with Crippen LogP contribution in [0.15, 0.2) is 17.7 Å². The van der Waals surface area contributed by atoms with Crippen molar-refractivity contribution in [3.8, 4) is 0 Å². The summed E-state index contributed by atoms with van der Waals surface area (Å²) in [5.74, 6) is 4.27. The summed E-state index contributed by atoms with van der Waals surface area (Å²) in [4.78, 5) is 0. The van der Waals surface area contributed by atoms with Gasteiger partial charge in [0, 0.05) is 0 Å². The first kappa shape index (κ1) is 14.0. The Morgan fingerprint density at radius 2 is 1.50 bits per heavy atom. The van der Waals surface area contributed by atoms with Crippen LogP contribution < -0.4 is 4.21 Å². The van der Waals surface area contributed by atoms with Crippen molar-refractivity contribution >= 4 is 16.1 Å². The van der Waals surface area contributed by atoms with Crippen molar-refractivity contribution in [1.82, 2.24) is 0 Å². The molecular formula is C13H24OPSi. The van der Waals surface area contributed by atoms with E-state index in [0.29, 0.717) is 16.6 Å². The van der Waals surface area contributed by atoms with E-state index in [9.17, 15) is 0 Å². The third kappa shape index (κ3) is 2.61. The summed E-state index contributed by atoms with van der Waals surface area (Å²) in [7, 11) is -2.17. The van der Waals surface area contributed by atoms with E-state index in [1.165, 1.54) is 0 Å². The van der Waals surface area contributed by atoms with Gasteiger partial charge in [-0.3, -0.25) is 0 Å². The molecule has 1 aromatic heterocycles. The van der Waals surface area contributed by atoms with Crippen LogP contribution in [0.1, 0.15) is 41.5 Å². The van der Waals surface area contributed by atoms with Gasteiger partial charge in [0.05, 0.1) is 0 Å². The third-order valence-corrected chi connectivity index (χ3v) is 11.9. The molecule has 1 radical (unpaired) electrons. The largest absolute Gasteiger partial charge is 0.371 e. The Labute approximate surface area is 102 Å². The molecule has 0 aliphatic heterocycles. The first-order valence-corrected chi connectivity index (χ1v) is 9.68. The van der Waals surface area contributed by atoms with Crippen molar-refractivity contribution in [2.24, 2.45) is 0 Å². The Balaban J connectivity index is 3.02. The van der Waals surface area contributed by atoms with Crippen LogP contribution >= 0.6 is 7.76 Å². The zero-order chi connectivity index (χ0) is 12.3. The zero-order valence-corrected chi connectivity index (χ0v) is 13.2. The molecule has 16 heavy (non-hydrogen) atoms. The fourth-order valence-electron chi connectivity index (χ4n) is 2.83. The maximum absolute atomic E-state index is 6.58. The molecule has 0 aliphatic rings. The van der Waals surface area contributed by atoms with Gasteiger partial charge in [-0.25, -0.2) is 0 Å². The van der Waals surface area contributed by atoms with E-state index in [4.69, 9.17) is 4.21 Å². The molecule has 1 atom stereocenters. The maximum Gasteiger partial charge on any atom is 0.213 e. The normalized spacial score (nSPS) is 13.1. The van der Waals surface area contributed by atoms with E-state index < -0.39 is 16.1 Å². The van der Waals surface area contributed by atoms with E-state index in [1.54, 1.807) is 0 Å². The molecule has 1 unspecified atom stereocenters. The number of hydrogen-bond acceptors (Lipinski definition) is 1. The van der Waals surface area contributed by atoms with Crippen LogP contribution in [0.2, 0.25) is 16.6 Å². The molecule has 1 rings (SSSR count). The van der Waals surface area contributed by atoms with Crippen molar-refractivity contribution in [1.29, 1.82) is 0 Å². The number of hydrogen-bond donors (Lipinski definition) is 0. The van der Waals surface area contributed by atoms with Gasteiger partial charge < -0.3 is 4.21 Å². The lowest BCUT2D eigenvalue weighted by atomic mass is 10.5. The van der Waals surface area contributed by atoms with E-state index >= 15 is 0 Å². The highest BCUT2D eigenvalue weighted by Gasteiger charge is 2.45. The fourth-order valence-corrected chi connectivity index (χ4v) is 11.8. The highest BCUT2D eigenvalue weighted by molar-refractivity contribution is 7.45. The maximum atomic E-state index is 6.58. The van der Waals surface area contributed by atoms with Crippen LogP contribution in [-0.4, -0.2) is 8.32 Å². The lowest BCUT2D eigenvalue weighted by molar-refractivity contribution is 0.586. The zero-order valence-electron chi connectivity index (χ0n) is 11.3. The quantitative estimate of drug-likeness (QED) is 0.667. The topological polar surface area (TPSA) is 9.23 Å². The molecule has 0 saturated carbocycles. The molecule has 0 N–H and O–H groups in total. The summed E-state index contributed by atoms with van der Waals surface area (Å²) in [5, 5.41) is 0. The summed E-state index contributed by atoms with van der Waals surface area (Å²) in [6.07, 6.45) is 0. The molecule has 0 spiro atoms. The second-order valence-corrected chi connectivity index (χ2v) is 12.6. The minimum absolute atomic E-state index is 0.485. The predicted octanol–water partition coefficient (Wildman–Crippen LogP) is 5.08. The summed E-state index contributed by atoms with van der Waals surface area (Å²) < 4.78 is 6.58. The molecule has 91 valence electrons. The second-order valence-electron chi connectivity index (χ2n) is 5.38. The van der Waals surface area contributed by atoms with Gasteiger partial charge in [0.2, 0.25) is 8.32 Å². The van der Waals surface area contributed by atoms with E-state index in [0.717, 1.165) is 0 Å². The minimum atomic E-state index is -1.69. The Morgan fingerprint density at radius 3 is 1.81 bits per heavy atom. The highest BCUT2D eigenvalue weighted by atomic mass is 31.1. The van der Waals surface area contributed by atoms with Crippen LogP contribution in [0.3, 0.4) is 0 Å². The van der Waals surface area contributed by atoms with E-state index in [1.807, 2.05) is 6.07 Å². The van der Waals surface area contributed by atoms with Gasteiger partial charge in [0.15, 0.2) is 0 Å². The van der Waals surface area contributed by atoms with Crippen LogP contribution in [0.25, 0.3) is 0 Å². The Bertz CT molecular complexity index is 282. The lowest BCUT2D eigenvalue weighted by Gasteiger charge is -2.41. The molecule has 1 heterocycles. The van der Waals surface area contributed by atoms with Gasteiger partial charge in [-0.1, -0.05) is 41.5 Å². The van der Waals surface area contributed by atoms with E-state index in [-0.39, 0.29) is 0 Å². The van der Waals surface area contributed by atoms with Crippen LogP contribution in [-0.2, 0) is 0 Å². The van der Waals surface area contributed by atoms with Crippen molar-refractivity contribution in [3.05, 3.63) is 23.7 Å². The first-order chi connectivity index (χ1) is 7.41. The Kier molecular flexibility index (Phi) is 4.84. The highest BCUT2D eigenvalue weighted by Crippen LogP contribution is 2.45. The molecule has 1 aromatic rings. The van der Waals surface area contributed by atoms with Gasteiger partial charge in [0.25, 0.3) is 0 Å². The Hall–Kier alpha value is -0.0431. The second kappa shape index (κ2) is 5.53. The first-order valence-electron chi connectivity index (χ1n) is 6.14. The monoisotopic (exact) mass is 255 g/mol.